The molecular weight excluding hydrogens is 692 g/mol. The number of rotatable bonds is 7. The molecule has 1 aromatic heterocycles. The third-order valence-corrected chi connectivity index (χ3v) is 11.3. The van der Waals surface area contributed by atoms with Crippen molar-refractivity contribution in [1.82, 2.24) is 15.2 Å². The van der Waals surface area contributed by atoms with Crippen LogP contribution >= 0.6 is 0 Å². The maximum atomic E-state index is 12.6. The lowest BCUT2D eigenvalue weighted by molar-refractivity contribution is -0.662. The van der Waals surface area contributed by atoms with Crippen molar-refractivity contribution in [2.45, 2.75) is 77.3 Å². The molecule has 0 unspecified atom stereocenters. The van der Waals surface area contributed by atoms with Crippen molar-refractivity contribution in [3.63, 3.8) is 0 Å². The summed E-state index contributed by atoms with van der Waals surface area (Å²) in [5, 5.41) is 16.6. The Kier molecular flexibility index (Phi) is 8.34. The number of nitrogens with one attached hydrogen (secondary N) is 1. The van der Waals surface area contributed by atoms with Gasteiger partial charge < -0.3 is 22.3 Å². The van der Waals surface area contributed by atoms with Gasteiger partial charge in [0.1, 0.15) is 6.54 Å². The number of benzene rings is 6. The molecule has 1 saturated heterocycles. The lowest BCUT2D eigenvalue weighted by Crippen LogP contribution is -3.00. The Morgan fingerprint density at radius 2 is 1.47 bits per heavy atom. The molecule has 0 bridgehead atoms. The van der Waals surface area contributed by atoms with Crippen LogP contribution in [0.4, 0.5) is 0 Å². The standard InChI is InChI=1S/C45H42N4O.BrH/c1-28(2)37-24-34(35-19-17-33-16-15-31-12-8-13-32-18-20-36(35)43(33)42(31)32)25-38(29(3)4)44(37)49-27-40(48(47-49)26-30-10-6-5-7-11-30)39-14-9-22-45(39)23-21-41(50)46-45;/h5-8,10-20,24-25,27-29H,9,21-23,26H2,1-4H3;1H/t45-;/m0./s1. The Bertz CT molecular complexity index is 2430. The summed E-state index contributed by atoms with van der Waals surface area (Å²) >= 11 is 0. The second-order valence-electron chi connectivity index (χ2n) is 15.1. The molecule has 1 aliphatic carbocycles. The Hall–Kier alpha value is -4.81. The van der Waals surface area contributed by atoms with Gasteiger partial charge >= 0.3 is 0 Å². The topological polar surface area (TPSA) is 50.8 Å². The number of aromatic nitrogens is 3. The fraction of sp³-hybridized carbons (Fsp3) is 0.267. The van der Waals surface area contributed by atoms with E-state index in [0.29, 0.717) is 13.0 Å². The molecule has 51 heavy (non-hydrogen) atoms. The highest BCUT2D eigenvalue weighted by molar-refractivity contribution is 6.25. The fourth-order valence-electron chi connectivity index (χ4n) is 8.78. The second-order valence-corrected chi connectivity index (χ2v) is 15.1. The van der Waals surface area contributed by atoms with Crippen LogP contribution in [0.2, 0.25) is 0 Å². The molecule has 0 radical (unpaired) electrons. The van der Waals surface area contributed by atoms with Crippen LogP contribution in [0.1, 0.15) is 87.6 Å². The highest BCUT2D eigenvalue weighted by Gasteiger charge is 2.46. The fourth-order valence-corrected chi connectivity index (χ4v) is 8.78. The Labute approximate surface area is 310 Å². The number of allylic oxidation sites excluding steroid dienone is 1. The van der Waals surface area contributed by atoms with Crippen LogP contribution in [-0.4, -0.2) is 21.3 Å². The Morgan fingerprint density at radius 1 is 0.804 bits per heavy atom. The van der Waals surface area contributed by atoms with Crippen LogP contribution in [0.25, 0.3) is 54.7 Å². The summed E-state index contributed by atoms with van der Waals surface area (Å²) in [6.45, 7) is 9.83. The lowest BCUT2D eigenvalue weighted by Gasteiger charge is -2.26. The Morgan fingerprint density at radius 3 is 2.14 bits per heavy atom. The predicted octanol–water partition coefficient (Wildman–Crippen LogP) is 6.85. The third-order valence-electron chi connectivity index (χ3n) is 11.3. The minimum Gasteiger partial charge on any atom is -1.00 e. The summed E-state index contributed by atoms with van der Waals surface area (Å²) in [6, 6.07) is 35.7. The van der Waals surface area contributed by atoms with Gasteiger partial charge in [-0.25, -0.2) is 0 Å². The molecule has 2 aliphatic rings. The monoisotopic (exact) mass is 734 g/mol. The van der Waals surface area contributed by atoms with Crippen molar-refractivity contribution in [1.29, 1.82) is 0 Å². The van der Waals surface area contributed by atoms with Crippen molar-refractivity contribution >= 4 is 43.8 Å². The number of nitrogens with zero attached hydrogens (tertiary/aromatic N) is 3. The molecular formula is C45H43BrN4O. The highest BCUT2D eigenvalue weighted by atomic mass is 79.9. The maximum absolute atomic E-state index is 12.6. The number of hydrogen-bond donors (Lipinski definition) is 1. The molecule has 1 N–H and O–H groups in total. The zero-order chi connectivity index (χ0) is 34.1. The van der Waals surface area contributed by atoms with Crippen molar-refractivity contribution < 1.29 is 26.5 Å². The number of amides is 1. The van der Waals surface area contributed by atoms with Crippen LogP contribution < -0.4 is 27.0 Å². The summed E-state index contributed by atoms with van der Waals surface area (Å²) < 4.78 is 4.29. The largest absolute Gasteiger partial charge is 1.00 e. The molecule has 0 saturated carbocycles. The maximum Gasteiger partial charge on any atom is 0.220 e. The van der Waals surface area contributed by atoms with Gasteiger partial charge in [-0.15, -0.1) is 9.36 Å². The van der Waals surface area contributed by atoms with E-state index in [0.717, 1.165) is 30.6 Å². The minimum atomic E-state index is -0.315. The molecule has 1 fully saturated rings. The van der Waals surface area contributed by atoms with Gasteiger partial charge in [-0.1, -0.05) is 119 Å². The molecule has 1 spiro atoms. The van der Waals surface area contributed by atoms with Gasteiger partial charge in [0.15, 0.2) is 17.6 Å². The number of hydrogen-bond acceptors (Lipinski definition) is 2. The highest BCUT2D eigenvalue weighted by Crippen LogP contribution is 2.44. The van der Waals surface area contributed by atoms with Crippen molar-refractivity contribution in [2.24, 2.45) is 0 Å². The van der Waals surface area contributed by atoms with E-state index in [9.17, 15) is 4.79 Å². The summed E-state index contributed by atoms with van der Waals surface area (Å²) in [5.41, 5.74) is 9.39. The predicted molar refractivity (Wildman–Crippen MR) is 204 cm³/mol. The van der Waals surface area contributed by atoms with Crippen LogP contribution in [0, 0.1) is 0 Å². The molecule has 256 valence electrons. The van der Waals surface area contributed by atoms with Crippen LogP contribution in [0.5, 0.6) is 0 Å². The molecule has 9 rings (SSSR count). The van der Waals surface area contributed by atoms with Crippen LogP contribution in [0.15, 0.2) is 109 Å². The van der Waals surface area contributed by atoms with Crippen LogP contribution in [0.3, 0.4) is 0 Å². The van der Waals surface area contributed by atoms with E-state index < -0.39 is 0 Å². The number of halogens is 1. The van der Waals surface area contributed by atoms with E-state index in [1.165, 1.54) is 65.7 Å². The average Bonchev–Trinajstić information content (AvgIpc) is 3.84. The van der Waals surface area contributed by atoms with Crippen molar-refractivity contribution in [2.75, 3.05) is 0 Å². The molecule has 2 heterocycles. The van der Waals surface area contributed by atoms with E-state index >= 15 is 0 Å². The second kappa shape index (κ2) is 12.8. The van der Waals surface area contributed by atoms with Crippen molar-refractivity contribution in [3.05, 3.63) is 132 Å². The number of carbonyl (C=O) groups is 1. The van der Waals surface area contributed by atoms with Crippen molar-refractivity contribution in [3.8, 4) is 16.8 Å². The summed E-state index contributed by atoms with van der Waals surface area (Å²) in [4.78, 5) is 12.6. The van der Waals surface area contributed by atoms with E-state index in [1.807, 2.05) is 0 Å². The third kappa shape index (κ3) is 5.47. The van der Waals surface area contributed by atoms with Gasteiger partial charge in [0.25, 0.3) is 0 Å². The zero-order valence-electron chi connectivity index (χ0n) is 29.7. The van der Waals surface area contributed by atoms with Gasteiger partial charge in [0.2, 0.25) is 5.91 Å². The SMILES string of the molecule is CC(C)c1cc(-c2ccc3ccc4cccc5ccc2c3c45)cc(C(C)C)c1-[n+]1cc(C2=CCC[C@]23CCC(=O)N3)n(Cc2ccccc2)n1.[Br-]. The smallest absolute Gasteiger partial charge is 0.220 e. The summed E-state index contributed by atoms with van der Waals surface area (Å²) in [7, 11) is 0. The van der Waals surface area contributed by atoms with E-state index in [2.05, 4.69) is 152 Å². The first-order valence-electron chi connectivity index (χ1n) is 18.2. The van der Waals surface area contributed by atoms with E-state index in [-0.39, 0.29) is 40.3 Å². The van der Waals surface area contributed by atoms with Gasteiger partial charge in [0, 0.05) is 23.1 Å². The average molecular weight is 736 g/mol. The molecule has 6 heteroatoms. The zero-order valence-corrected chi connectivity index (χ0v) is 31.3. The van der Waals surface area contributed by atoms with Gasteiger partial charge in [-0.3, -0.25) is 4.79 Å². The van der Waals surface area contributed by atoms with Gasteiger partial charge in [0.05, 0.1) is 10.8 Å². The molecule has 1 amide bonds. The first kappa shape index (κ1) is 33.3. The molecule has 5 nitrogen and oxygen atoms in total. The Balaban J connectivity index is 0.00000374. The van der Waals surface area contributed by atoms with E-state index in [1.54, 1.807) is 0 Å². The van der Waals surface area contributed by atoms with Gasteiger partial charge in [-0.2, -0.15) is 0 Å². The van der Waals surface area contributed by atoms with E-state index in [4.69, 9.17) is 5.21 Å². The quantitative estimate of drug-likeness (QED) is 0.144. The molecule has 7 aromatic rings. The first-order chi connectivity index (χ1) is 24.3. The summed E-state index contributed by atoms with van der Waals surface area (Å²) in [6.07, 6.45) is 7.86. The minimum absolute atomic E-state index is 0. The normalized spacial score (nSPS) is 17.4. The molecule has 1 aliphatic heterocycles. The molecule has 6 aromatic carbocycles. The number of carbonyl (C=O) groups excluding carboxylic acids is 1. The first-order valence-corrected chi connectivity index (χ1v) is 18.2. The van der Waals surface area contributed by atoms with Crippen LogP contribution in [-0.2, 0) is 11.3 Å². The lowest BCUT2D eigenvalue weighted by atomic mass is 9.85. The van der Waals surface area contributed by atoms with Gasteiger partial charge in [-0.05, 0) is 92.2 Å². The molecule has 1 atom stereocenters. The summed E-state index contributed by atoms with van der Waals surface area (Å²) in [5.74, 6) is 0.679.